The van der Waals surface area contributed by atoms with E-state index >= 15 is 0 Å². The number of amides is 1. The van der Waals surface area contributed by atoms with E-state index in [9.17, 15) is 15.0 Å². The number of hydrogen-bond acceptors (Lipinski definition) is 8. The molecule has 190 valence electrons. The molecule has 2 fully saturated rings. The number of rotatable bonds is 3. The molecule has 3 aromatic rings. The molecule has 0 unspecified atom stereocenters. The SMILES string of the molecule is CCN1C(=O)c2ccccc2C12c1ccc(O)c([As]3SCCS3)c1Oc1c2ccc(O)c1[As]1SCCS1. The Morgan fingerprint density at radius 3 is 1.84 bits per heavy atom. The molecular weight excluding hydrogens is 668 g/mol. The van der Waals surface area contributed by atoms with Crippen molar-refractivity contribution in [2.24, 2.45) is 0 Å². The second kappa shape index (κ2) is 9.60. The first-order chi connectivity index (χ1) is 18.1. The van der Waals surface area contributed by atoms with E-state index in [1.807, 2.05) is 82.3 Å². The molecule has 3 aromatic carbocycles. The maximum absolute atomic E-state index is 13.9. The van der Waals surface area contributed by atoms with E-state index in [1.54, 1.807) is 12.1 Å². The zero-order valence-corrected chi connectivity index (χ0v) is 26.9. The summed E-state index contributed by atoms with van der Waals surface area (Å²) in [5, 5.41) is 22.4. The topological polar surface area (TPSA) is 70.0 Å². The normalized spacial score (nSPS) is 20.2. The number of ether oxygens (including phenoxy) is 1. The van der Waals surface area contributed by atoms with Crippen molar-refractivity contribution in [3.8, 4) is 23.0 Å². The van der Waals surface area contributed by atoms with Crippen molar-refractivity contribution in [1.29, 1.82) is 0 Å². The van der Waals surface area contributed by atoms with Gasteiger partial charge >= 0.3 is 240 Å². The van der Waals surface area contributed by atoms with E-state index in [2.05, 4.69) is 6.07 Å². The molecule has 4 aliphatic heterocycles. The Morgan fingerprint density at radius 2 is 1.32 bits per heavy atom. The van der Waals surface area contributed by atoms with Gasteiger partial charge in [0.15, 0.2) is 0 Å². The number of nitrogens with zero attached hydrogens (tertiary/aromatic N) is 1. The minimum atomic E-state index is -1.69. The van der Waals surface area contributed by atoms with Crippen LogP contribution in [-0.4, -0.2) is 75.3 Å². The maximum atomic E-state index is 13.9. The fourth-order valence-electron chi connectivity index (χ4n) is 5.70. The summed E-state index contributed by atoms with van der Waals surface area (Å²) >= 11 is -3.38. The molecule has 0 radical (unpaired) electrons. The average Bonchev–Trinajstić information content (AvgIpc) is 3.66. The number of carbonyl (C=O) groups excluding carboxylic acids is 1. The summed E-state index contributed by atoms with van der Waals surface area (Å²) in [6, 6.07) is 15.4. The van der Waals surface area contributed by atoms with Gasteiger partial charge in [0.2, 0.25) is 0 Å². The van der Waals surface area contributed by atoms with Crippen molar-refractivity contribution in [1.82, 2.24) is 4.90 Å². The first-order valence-corrected chi connectivity index (χ1v) is 26.9. The van der Waals surface area contributed by atoms with Crippen LogP contribution in [0, 0.1) is 0 Å². The van der Waals surface area contributed by atoms with Gasteiger partial charge in [0.1, 0.15) is 0 Å². The van der Waals surface area contributed by atoms with Crippen LogP contribution >= 0.6 is 40.1 Å². The summed E-state index contributed by atoms with van der Waals surface area (Å²) in [5.74, 6) is 6.28. The van der Waals surface area contributed by atoms with Gasteiger partial charge in [-0.3, -0.25) is 0 Å². The molecule has 37 heavy (non-hydrogen) atoms. The van der Waals surface area contributed by atoms with Crippen molar-refractivity contribution in [3.05, 3.63) is 70.8 Å². The van der Waals surface area contributed by atoms with E-state index in [4.69, 9.17) is 4.74 Å². The van der Waals surface area contributed by atoms with Crippen molar-refractivity contribution < 1.29 is 19.7 Å². The Hall–Kier alpha value is -0.953. The molecule has 4 heterocycles. The number of hydrogen-bond donors (Lipinski definition) is 2. The van der Waals surface area contributed by atoms with Crippen LogP contribution in [0.3, 0.4) is 0 Å². The van der Waals surface area contributed by atoms with Crippen LogP contribution in [0.25, 0.3) is 0 Å². The molecule has 0 aliphatic carbocycles. The molecule has 7 rings (SSSR count). The van der Waals surface area contributed by atoms with Crippen LogP contribution in [0.5, 0.6) is 23.0 Å². The van der Waals surface area contributed by atoms with Crippen LogP contribution < -0.4 is 13.4 Å². The molecule has 5 nitrogen and oxygen atoms in total. The Labute approximate surface area is 238 Å². The Kier molecular flexibility index (Phi) is 6.50. The Morgan fingerprint density at radius 1 is 0.811 bits per heavy atom. The van der Waals surface area contributed by atoms with Gasteiger partial charge in [-0.2, -0.15) is 0 Å². The van der Waals surface area contributed by atoms with Gasteiger partial charge in [-0.05, 0) is 0 Å². The molecule has 0 bridgehead atoms. The summed E-state index contributed by atoms with van der Waals surface area (Å²) < 4.78 is 8.78. The van der Waals surface area contributed by atoms with Crippen molar-refractivity contribution in [2.45, 2.75) is 12.5 Å². The van der Waals surface area contributed by atoms with Gasteiger partial charge in [-0.15, -0.1) is 0 Å². The number of phenols is 2. The van der Waals surface area contributed by atoms with Gasteiger partial charge in [-0.1, -0.05) is 0 Å². The third-order valence-corrected chi connectivity index (χ3v) is 34.3. The molecule has 4 aliphatic rings. The zero-order valence-electron chi connectivity index (χ0n) is 19.8. The quantitative estimate of drug-likeness (QED) is 0.394. The number of aromatic hydroxyl groups is 2. The molecule has 0 atom stereocenters. The Balaban J connectivity index is 1.61. The van der Waals surface area contributed by atoms with Gasteiger partial charge in [0, 0.05) is 0 Å². The summed E-state index contributed by atoms with van der Waals surface area (Å²) in [7, 11) is 7.84. The number of phenolic OH excluding ortho intramolecular Hbond substituents is 2. The van der Waals surface area contributed by atoms with Crippen LogP contribution in [0.4, 0.5) is 0 Å². The van der Waals surface area contributed by atoms with Gasteiger partial charge in [-0.25, -0.2) is 0 Å². The van der Waals surface area contributed by atoms with Crippen molar-refractivity contribution in [3.63, 3.8) is 0 Å². The number of benzene rings is 3. The van der Waals surface area contributed by atoms with Gasteiger partial charge in [0.25, 0.3) is 0 Å². The molecule has 1 spiro atoms. The molecule has 0 saturated carbocycles. The van der Waals surface area contributed by atoms with Crippen molar-refractivity contribution >= 4 is 79.4 Å². The number of carbonyl (C=O) groups is 1. The third-order valence-electron chi connectivity index (χ3n) is 7.08. The molecular formula is C26H23As2NO4S4. The van der Waals surface area contributed by atoms with E-state index < -0.39 is 30.2 Å². The van der Waals surface area contributed by atoms with Crippen LogP contribution in [0.1, 0.15) is 34.0 Å². The summed E-state index contributed by atoms with van der Waals surface area (Å²) in [4.78, 5) is 15.9. The molecule has 11 heteroatoms. The first kappa shape index (κ1) is 25.0. The van der Waals surface area contributed by atoms with E-state index in [0.717, 1.165) is 48.4 Å². The van der Waals surface area contributed by atoms with Crippen LogP contribution in [0.15, 0.2) is 48.5 Å². The third kappa shape index (κ3) is 3.54. The second-order valence-corrected chi connectivity index (χ2v) is 32.1. The summed E-state index contributed by atoms with van der Waals surface area (Å²) in [6.07, 6.45) is 0. The first-order valence-electron chi connectivity index (χ1n) is 12.0. The van der Waals surface area contributed by atoms with Gasteiger partial charge < -0.3 is 0 Å². The fourth-order valence-corrected chi connectivity index (χ4v) is 35.3. The van der Waals surface area contributed by atoms with Crippen molar-refractivity contribution in [2.75, 3.05) is 29.6 Å². The molecule has 1 amide bonds. The average molecular weight is 692 g/mol. The summed E-state index contributed by atoms with van der Waals surface area (Å²) in [5.41, 5.74) is 2.62. The minimum absolute atomic E-state index is 0.00565. The predicted octanol–water partition coefficient (Wildman–Crippen LogP) is 4.32. The molecule has 2 N–H and O–H groups in total. The monoisotopic (exact) mass is 691 g/mol. The van der Waals surface area contributed by atoms with E-state index in [0.29, 0.717) is 23.6 Å². The standard InChI is InChI=1S/C26H23As2NO4S4/c1-2-29-25(32)15-5-3-4-6-16(15)26(29)17-7-9-19(30)21(27-34-11-12-35-27)23(17)33-24-18(26)8-10-20(31)22(24)28-36-13-14-37-28/h3-10,30-31H,2,11-14H2,1H3. The zero-order chi connectivity index (χ0) is 25.3. The summed E-state index contributed by atoms with van der Waals surface area (Å²) in [6.45, 7) is 2.55. The van der Waals surface area contributed by atoms with Crippen LogP contribution in [-0.2, 0) is 5.54 Å². The van der Waals surface area contributed by atoms with Crippen LogP contribution in [0.2, 0.25) is 0 Å². The second-order valence-electron chi connectivity index (χ2n) is 8.87. The number of fused-ring (bicyclic) bond motifs is 6. The molecule has 2 saturated heterocycles. The molecule has 0 aromatic heterocycles. The van der Waals surface area contributed by atoms with E-state index in [-0.39, 0.29) is 17.4 Å². The van der Waals surface area contributed by atoms with E-state index in [1.165, 1.54) is 0 Å². The van der Waals surface area contributed by atoms with Gasteiger partial charge in [0.05, 0.1) is 0 Å². The predicted molar refractivity (Wildman–Crippen MR) is 160 cm³/mol. The fraction of sp³-hybridized carbons (Fsp3) is 0.269. The Bertz CT molecular complexity index is 1370.